The van der Waals surface area contributed by atoms with Crippen molar-refractivity contribution in [3.63, 3.8) is 0 Å². The second-order valence-corrected chi connectivity index (χ2v) is 12.2. The number of anilines is 1. The lowest BCUT2D eigenvalue weighted by Crippen LogP contribution is -2.50. The summed E-state index contributed by atoms with van der Waals surface area (Å²) in [5, 5.41) is 6.16. The molecule has 1 aliphatic heterocycles. The van der Waals surface area contributed by atoms with Gasteiger partial charge in [-0.1, -0.05) is 29.3 Å². The summed E-state index contributed by atoms with van der Waals surface area (Å²) in [5.41, 5.74) is 2.97. The molecule has 4 heterocycles. The number of halogens is 2. The number of rotatable bonds is 7. The number of nitrogens with zero attached hydrogens (tertiary/aromatic N) is 5. The third-order valence-corrected chi connectivity index (χ3v) is 9.71. The molecule has 0 unspecified atom stereocenters. The lowest BCUT2D eigenvalue weighted by molar-refractivity contribution is 0.184. The minimum atomic E-state index is -3.62. The Morgan fingerprint density at radius 2 is 1.92 bits per heavy atom. The average molecular weight is 564 g/mol. The number of piperazine rings is 1. The van der Waals surface area contributed by atoms with E-state index in [9.17, 15) is 8.42 Å². The standard InChI is InChI=1S/C24H24Cl2N6O2S2/c1-16(30-24-23-22(28-15-29-24)19(14-35-23)17-3-2-6-27-12-17)13-31-7-9-32(10-8-31)36(33,34)18-4-5-20(25)21(26)11-18/h2-6,11-12,14-16H,7-10,13H2,1H3,(H,28,29,30)/t16-/m0/s1. The van der Waals surface area contributed by atoms with E-state index in [0.717, 1.165) is 33.7 Å². The molecule has 8 nitrogen and oxygen atoms in total. The molecule has 0 bridgehead atoms. The molecule has 1 aromatic carbocycles. The normalized spacial score (nSPS) is 16.3. The van der Waals surface area contributed by atoms with Gasteiger partial charge in [0, 0.05) is 67.7 Å². The summed E-state index contributed by atoms with van der Waals surface area (Å²) in [4.78, 5) is 15.6. The number of sulfonamides is 1. The fourth-order valence-corrected chi connectivity index (χ4v) is 7.08. The van der Waals surface area contributed by atoms with Gasteiger partial charge in [0.15, 0.2) is 0 Å². The van der Waals surface area contributed by atoms with E-state index in [1.165, 1.54) is 22.5 Å². The first-order valence-electron chi connectivity index (χ1n) is 11.4. The molecule has 0 amide bonds. The van der Waals surface area contributed by atoms with Crippen LogP contribution in [0.4, 0.5) is 5.82 Å². The van der Waals surface area contributed by atoms with E-state index >= 15 is 0 Å². The van der Waals surface area contributed by atoms with Crippen molar-refractivity contribution in [1.29, 1.82) is 0 Å². The molecular formula is C24H24Cl2N6O2S2. The number of fused-ring (bicyclic) bond motifs is 1. The van der Waals surface area contributed by atoms with E-state index in [1.807, 2.05) is 18.3 Å². The molecule has 0 aliphatic carbocycles. The van der Waals surface area contributed by atoms with Crippen LogP contribution >= 0.6 is 34.5 Å². The largest absolute Gasteiger partial charge is 0.365 e. The molecule has 5 rings (SSSR count). The quantitative estimate of drug-likeness (QED) is 0.343. The maximum Gasteiger partial charge on any atom is 0.243 e. The second-order valence-electron chi connectivity index (χ2n) is 8.62. The highest BCUT2D eigenvalue weighted by atomic mass is 35.5. The first-order valence-corrected chi connectivity index (χ1v) is 14.5. The van der Waals surface area contributed by atoms with E-state index in [4.69, 9.17) is 23.2 Å². The Morgan fingerprint density at radius 1 is 1.11 bits per heavy atom. The molecule has 4 aromatic rings. The molecule has 1 N–H and O–H groups in total. The second kappa shape index (κ2) is 10.6. The Bertz CT molecular complexity index is 1470. The van der Waals surface area contributed by atoms with Crippen LogP contribution in [0.25, 0.3) is 21.3 Å². The van der Waals surface area contributed by atoms with Crippen LogP contribution in [0.1, 0.15) is 6.92 Å². The highest BCUT2D eigenvalue weighted by molar-refractivity contribution is 7.89. The lowest BCUT2D eigenvalue weighted by Gasteiger charge is -2.35. The van der Waals surface area contributed by atoms with E-state index in [2.05, 4.69) is 37.5 Å². The van der Waals surface area contributed by atoms with Gasteiger partial charge in [-0.2, -0.15) is 4.31 Å². The van der Waals surface area contributed by atoms with Crippen LogP contribution in [0.3, 0.4) is 0 Å². The molecular weight excluding hydrogens is 539 g/mol. The fraction of sp³-hybridized carbons (Fsp3) is 0.292. The molecule has 1 saturated heterocycles. The predicted octanol–water partition coefficient (Wildman–Crippen LogP) is 4.87. The summed E-state index contributed by atoms with van der Waals surface area (Å²) in [6.45, 7) is 4.94. The number of thiophene rings is 1. The number of aromatic nitrogens is 3. The number of nitrogens with one attached hydrogen (secondary N) is 1. The Kier molecular flexibility index (Phi) is 7.43. The Labute approximate surface area is 224 Å². The Morgan fingerprint density at radius 3 is 2.64 bits per heavy atom. The van der Waals surface area contributed by atoms with E-state index < -0.39 is 10.0 Å². The zero-order valence-electron chi connectivity index (χ0n) is 19.4. The monoisotopic (exact) mass is 562 g/mol. The zero-order chi connectivity index (χ0) is 25.3. The van der Waals surface area contributed by atoms with Crippen molar-refractivity contribution in [2.24, 2.45) is 0 Å². The highest BCUT2D eigenvalue weighted by Gasteiger charge is 2.29. The van der Waals surface area contributed by atoms with Gasteiger partial charge in [0.25, 0.3) is 0 Å². The molecule has 1 aliphatic rings. The van der Waals surface area contributed by atoms with Gasteiger partial charge in [-0.15, -0.1) is 11.3 Å². The summed E-state index contributed by atoms with van der Waals surface area (Å²) in [7, 11) is -3.62. The van der Waals surface area contributed by atoms with Gasteiger partial charge in [-0.25, -0.2) is 18.4 Å². The summed E-state index contributed by atoms with van der Waals surface area (Å²) in [6.07, 6.45) is 5.17. The third-order valence-electron chi connectivity index (χ3n) is 6.10. The zero-order valence-corrected chi connectivity index (χ0v) is 22.6. The number of hydrogen-bond donors (Lipinski definition) is 1. The van der Waals surface area contributed by atoms with Gasteiger partial charge in [-0.3, -0.25) is 9.88 Å². The summed E-state index contributed by atoms with van der Waals surface area (Å²) < 4.78 is 28.6. The maximum atomic E-state index is 13.0. The SMILES string of the molecule is C[C@@H](CN1CCN(S(=O)(=O)c2ccc(Cl)c(Cl)c2)CC1)Nc1ncnc2c(-c3cccnc3)csc12. The van der Waals surface area contributed by atoms with Gasteiger partial charge in [0.05, 0.1) is 25.2 Å². The van der Waals surface area contributed by atoms with E-state index in [1.54, 1.807) is 23.9 Å². The molecule has 12 heteroatoms. The Hall–Kier alpha value is -2.34. The van der Waals surface area contributed by atoms with Crippen molar-refractivity contribution >= 4 is 60.6 Å². The number of hydrogen-bond acceptors (Lipinski definition) is 8. The van der Waals surface area contributed by atoms with Crippen LogP contribution in [-0.4, -0.2) is 71.3 Å². The summed E-state index contributed by atoms with van der Waals surface area (Å²) in [6, 6.07) is 8.45. The smallest absolute Gasteiger partial charge is 0.243 e. The van der Waals surface area contributed by atoms with Gasteiger partial charge in [-0.05, 0) is 31.2 Å². The van der Waals surface area contributed by atoms with Crippen LogP contribution in [0.2, 0.25) is 10.0 Å². The van der Waals surface area contributed by atoms with E-state index in [-0.39, 0.29) is 16.0 Å². The fourth-order valence-electron chi connectivity index (χ4n) is 4.29. The van der Waals surface area contributed by atoms with Crippen molar-refractivity contribution in [3.8, 4) is 11.1 Å². The van der Waals surface area contributed by atoms with Crippen LogP contribution < -0.4 is 5.32 Å². The van der Waals surface area contributed by atoms with Crippen molar-refractivity contribution in [1.82, 2.24) is 24.2 Å². The minimum Gasteiger partial charge on any atom is -0.365 e. The molecule has 0 radical (unpaired) electrons. The Balaban J connectivity index is 1.21. The van der Waals surface area contributed by atoms with Crippen molar-refractivity contribution < 1.29 is 8.42 Å². The van der Waals surface area contributed by atoms with E-state index in [0.29, 0.717) is 31.2 Å². The van der Waals surface area contributed by atoms with Crippen LogP contribution in [0.5, 0.6) is 0 Å². The maximum absolute atomic E-state index is 13.0. The topological polar surface area (TPSA) is 91.3 Å². The van der Waals surface area contributed by atoms with Crippen molar-refractivity contribution in [2.75, 3.05) is 38.0 Å². The predicted molar refractivity (Wildman–Crippen MR) is 145 cm³/mol. The van der Waals surface area contributed by atoms with Crippen molar-refractivity contribution in [2.45, 2.75) is 17.9 Å². The molecule has 188 valence electrons. The van der Waals surface area contributed by atoms with Gasteiger partial charge < -0.3 is 5.32 Å². The average Bonchev–Trinajstić information content (AvgIpc) is 3.32. The first kappa shape index (κ1) is 25.3. The first-order chi connectivity index (χ1) is 17.3. The van der Waals surface area contributed by atoms with Crippen molar-refractivity contribution in [3.05, 3.63) is 64.5 Å². The van der Waals surface area contributed by atoms with Crippen LogP contribution in [0, 0.1) is 0 Å². The minimum absolute atomic E-state index is 0.102. The van der Waals surface area contributed by atoms with Crippen LogP contribution in [-0.2, 0) is 10.0 Å². The molecule has 1 fully saturated rings. The molecule has 0 saturated carbocycles. The third kappa shape index (κ3) is 5.20. The van der Waals surface area contributed by atoms with Gasteiger partial charge >= 0.3 is 0 Å². The summed E-state index contributed by atoms with van der Waals surface area (Å²) in [5.74, 6) is 0.800. The lowest BCUT2D eigenvalue weighted by atomic mass is 10.1. The van der Waals surface area contributed by atoms with Gasteiger partial charge in [0.2, 0.25) is 10.0 Å². The number of benzene rings is 1. The molecule has 0 spiro atoms. The molecule has 3 aromatic heterocycles. The van der Waals surface area contributed by atoms with Crippen LogP contribution in [0.15, 0.2) is 59.3 Å². The molecule has 36 heavy (non-hydrogen) atoms. The molecule has 1 atom stereocenters. The number of pyridine rings is 1. The van der Waals surface area contributed by atoms with Gasteiger partial charge in [0.1, 0.15) is 12.1 Å². The highest BCUT2D eigenvalue weighted by Crippen LogP contribution is 2.35. The summed E-state index contributed by atoms with van der Waals surface area (Å²) >= 11 is 13.6.